The highest BCUT2D eigenvalue weighted by atomic mass is 19.3. The Labute approximate surface area is 86.6 Å². The van der Waals surface area contributed by atoms with Gasteiger partial charge in [-0.25, -0.2) is 17.6 Å². The molecule has 0 N–H and O–H groups in total. The van der Waals surface area contributed by atoms with Gasteiger partial charge in [0, 0.05) is 19.3 Å². The lowest BCUT2D eigenvalue weighted by Crippen LogP contribution is -2.41. The fraction of sp³-hybridized carbons (Fsp3) is 1.00. The molecule has 0 aliphatic carbocycles. The third kappa shape index (κ3) is 3.48. The molecule has 0 aliphatic rings. The first kappa shape index (κ1) is 15.4. The van der Waals surface area contributed by atoms with Crippen LogP contribution >= 0.6 is 0 Å². The molecule has 0 saturated heterocycles. The van der Waals surface area contributed by atoms with Gasteiger partial charge in [0.15, 0.2) is 0 Å². The zero-order chi connectivity index (χ0) is 13.2. The van der Waals surface area contributed by atoms with E-state index in [9.17, 15) is 35.1 Å². The van der Waals surface area contributed by atoms with Crippen molar-refractivity contribution in [3.05, 3.63) is 0 Å². The minimum absolute atomic E-state index is 0.749. The molecule has 8 heteroatoms. The highest BCUT2D eigenvalue weighted by Crippen LogP contribution is 2.42. The van der Waals surface area contributed by atoms with Crippen LogP contribution in [0.25, 0.3) is 0 Å². The molecule has 98 valence electrons. The minimum atomic E-state index is -4.71. The summed E-state index contributed by atoms with van der Waals surface area (Å²) in [7, 11) is 0. The van der Waals surface area contributed by atoms with Gasteiger partial charge < -0.3 is 0 Å². The van der Waals surface area contributed by atoms with Crippen molar-refractivity contribution in [2.45, 2.75) is 50.4 Å². The molecule has 0 radical (unpaired) electrons. The lowest BCUT2D eigenvalue weighted by molar-refractivity contribution is -0.225. The SMILES string of the molecule is CCC(F)(F)C(F)(F)CCC(F)(F)C(F)F. The fourth-order valence-corrected chi connectivity index (χ4v) is 0.874. The molecular formula is C8H10F8. The smallest absolute Gasteiger partial charge is 0.204 e. The second-order valence-corrected chi connectivity index (χ2v) is 3.32. The van der Waals surface area contributed by atoms with E-state index in [1.54, 1.807) is 0 Å². The van der Waals surface area contributed by atoms with Gasteiger partial charge in [-0.1, -0.05) is 6.92 Å². The summed E-state index contributed by atoms with van der Waals surface area (Å²) in [6.07, 6.45) is -9.35. The Kier molecular flexibility index (Phi) is 4.58. The Hall–Kier alpha value is -0.560. The van der Waals surface area contributed by atoms with Crippen LogP contribution in [0.4, 0.5) is 35.1 Å². The third-order valence-corrected chi connectivity index (χ3v) is 2.07. The van der Waals surface area contributed by atoms with Crippen molar-refractivity contribution in [2.75, 3.05) is 0 Å². The van der Waals surface area contributed by atoms with Crippen LogP contribution in [0.1, 0.15) is 26.2 Å². The van der Waals surface area contributed by atoms with Gasteiger partial charge in [0.25, 0.3) is 0 Å². The third-order valence-electron chi connectivity index (χ3n) is 2.07. The highest BCUT2D eigenvalue weighted by molar-refractivity contribution is 4.85. The Morgan fingerprint density at radius 2 is 1.25 bits per heavy atom. The maximum Gasteiger partial charge on any atom is 0.310 e. The Balaban J connectivity index is 4.52. The summed E-state index contributed by atoms with van der Waals surface area (Å²) in [5, 5.41) is 0. The van der Waals surface area contributed by atoms with E-state index in [0.29, 0.717) is 0 Å². The quantitative estimate of drug-likeness (QED) is 0.621. The van der Waals surface area contributed by atoms with Crippen LogP contribution in [0, 0.1) is 0 Å². The van der Waals surface area contributed by atoms with Crippen LogP contribution in [-0.4, -0.2) is 24.2 Å². The van der Waals surface area contributed by atoms with Gasteiger partial charge in [-0.2, -0.15) is 17.6 Å². The van der Waals surface area contributed by atoms with Gasteiger partial charge in [-0.05, 0) is 0 Å². The molecule has 0 amide bonds. The van der Waals surface area contributed by atoms with Gasteiger partial charge in [0.2, 0.25) is 0 Å². The van der Waals surface area contributed by atoms with Crippen molar-refractivity contribution < 1.29 is 35.1 Å². The first-order valence-electron chi connectivity index (χ1n) is 4.38. The average molecular weight is 258 g/mol. The van der Waals surface area contributed by atoms with E-state index in [4.69, 9.17) is 0 Å². The molecule has 0 aromatic heterocycles. The summed E-state index contributed by atoms with van der Waals surface area (Å²) < 4.78 is 98.0. The van der Waals surface area contributed by atoms with Crippen molar-refractivity contribution in [1.82, 2.24) is 0 Å². The van der Waals surface area contributed by atoms with Crippen molar-refractivity contribution in [3.63, 3.8) is 0 Å². The van der Waals surface area contributed by atoms with Crippen molar-refractivity contribution in [1.29, 1.82) is 0 Å². The highest BCUT2D eigenvalue weighted by Gasteiger charge is 2.56. The summed E-state index contributed by atoms with van der Waals surface area (Å²) in [6, 6.07) is 0. The van der Waals surface area contributed by atoms with E-state index >= 15 is 0 Å². The van der Waals surface area contributed by atoms with Crippen molar-refractivity contribution in [3.8, 4) is 0 Å². The summed E-state index contributed by atoms with van der Waals surface area (Å²) in [4.78, 5) is 0. The van der Waals surface area contributed by atoms with E-state index in [1.807, 2.05) is 0 Å². The number of halogens is 8. The molecule has 0 unspecified atom stereocenters. The van der Waals surface area contributed by atoms with Crippen LogP contribution in [-0.2, 0) is 0 Å². The Morgan fingerprint density at radius 1 is 0.812 bits per heavy atom. The Morgan fingerprint density at radius 3 is 1.56 bits per heavy atom. The van der Waals surface area contributed by atoms with Gasteiger partial charge in [-0.3, -0.25) is 0 Å². The Bertz CT molecular complexity index is 222. The summed E-state index contributed by atoms with van der Waals surface area (Å²) in [5.41, 5.74) is 0. The van der Waals surface area contributed by atoms with E-state index in [0.717, 1.165) is 6.92 Å². The molecule has 0 heterocycles. The first-order chi connectivity index (χ1) is 6.96. The lowest BCUT2D eigenvalue weighted by atomic mass is 10.0. The van der Waals surface area contributed by atoms with Crippen LogP contribution in [0.5, 0.6) is 0 Å². The standard InChI is InChI=1S/C8H10F8/c1-2-7(13,14)8(15,16)4-3-6(11,12)5(9)10/h5H,2-4H2,1H3. The molecule has 0 aliphatic heterocycles. The molecule has 0 rings (SSSR count). The van der Waals surface area contributed by atoms with Crippen molar-refractivity contribution in [2.24, 2.45) is 0 Å². The van der Waals surface area contributed by atoms with Gasteiger partial charge in [0.05, 0.1) is 0 Å². The summed E-state index contributed by atoms with van der Waals surface area (Å²) in [6.45, 7) is 0.749. The topological polar surface area (TPSA) is 0 Å². The monoisotopic (exact) mass is 258 g/mol. The van der Waals surface area contributed by atoms with E-state index in [1.165, 1.54) is 0 Å². The number of hydrogen-bond donors (Lipinski definition) is 0. The predicted octanol–water partition coefficient (Wildman–Crippen LogP) is 4.35. The van der Waals surface area contributed by atoms with Crippen LogP contribution in [0.3, 0.4) is 0 Å². The molecule has 0 atom stereocenters. The van der Waals surface area contributed by atoms with Gasteiger partial charge >= 0.3 is 24.2 Å². The summed E-state index contributed by atoms with van der Waals surface area (Å²) >= 11 is 0. The molecule has 0 nitrogen and oxygen atoms in total. The summed E-state index contributed by atoms with van der Waals surface area (Å²) in [5.74, 6) is -13.8. The molecule has 0 spiro atoms. The first-order valence-corrected chi connectivity index (χ1v) is 4.38. The number of rotatable bonds is 6. The normalized spacial score (nSPS) is 14.6. The minimum Gasteiger partial charge on any atom is -0.204 e. The van der Waals surface area contributed by atoms with Crippen LogP contribution in [0.15, 0.2) is 0 Å². The van der Waals surface area contributed by atoms with E-state index in [2.05, 4.69) is 0 Å². The van der Waals surface area contributed by atoms with Crippen LogP contribution in [0.2, 0.25) is 0 Å². The lowest BCUT2D eigenvalue weighted by Gasteiger charge is -2.27. The molecule has 0 aromatic carbocycles. The average Bonchev–Trinajstić information content (AvgIpc) is 2.14. The zero-order valence-electron chi connectivity index (χ0n) is 8.22. The molecule has 16 heavy (non-hydrogen) atoms. The van der Waals surface area contributed by atoms with E-state index in [-0.39, 0.29) is 0 Å². The second kappa shape index (κ2) is 4.75. The fourth-order valence-electron chi connectivity index (χ4n) is 0.874. The largest absolute Gasteiger partial charge is 0.310 e. The van der Waals surface area contributed by atoms with Gasteiger partial charge in [-0.15, -0.1) is 0 Å². The molecule has 0 saturated carbocycles. The molecule has 0 fully saturated rings. The van der Waals surface area contributed by atoms with E-state index < -0.39 is 43.5 Å². The van der Waals surface area contributed by atoms with Crippen LogP contribution < -0.4 is 0 Å². The molecular weight excluding hydrogens is 248 g/mol. The number of hydrogen-bond acceptors (Lipinski definition) is 0. The molecule has 0 bridgehead atoms. The maximum atomic E-state index is 12.7. The predicted molar refractivity (Wildman–Crippen MR) is 40.4 cm³/mol. The second-order valence-electron chi connectivity index (χ2n) is 3.32. The van der Waals surface area contributed by atoms with Crippen molar-refractivity contribution >= 4 is 0 Å². The zero-order valence-corrected chi connectivity index (χ0v) is 8.22. The maximum absolute atomic E-state index is 12.7. The van der Waals surface area contributed by atoms with Gasteiger partial charge in [0.1, 0.15) is 0 Å². The molecule has 0 aromatic rings. The number of alkyl halides is 8.